The fourth-order valence-corrected chi connectivity index (χ4v) is 3.29. The molecule has 0 spiro atoms. The minimum Gasteiger partial charge on any atom is -0.508 e. The van der Waals surface area contributed by atoms with E-state index < -0.39 is 0 Å². The van der Waals surface area contributed by atoms with Gasteiger partial charge in [0.25, 0.3) is 0 Å². The van der Waals surface area contributed by atoms with Crippen LogP contribution in [-0.4, -0.2) is 23.2 Å². The molecule has 1 atom stereocenters. The number of phenolic OH excluding ortho intramolecular Hbond substituents is 3. The van der Waals surface area contributed by atoms with Gasteiger partial charge in [-0.2, -0.15) is 0 Å². The van der Waals surface area contributed by atoms with E-state index in [0.717, 1.165) is 38.5 Å². The van der Waals surface area contributed by atoms with E-state index in [9.17, 15) is 15.3 Å². The van der Waals surface area contributed by atoms with Crippen molar-refractivity contribution in [2.24, 2.45) is 0 Å². The maximum Gasteiger partial charge on any atom is 0.165 e. The summed E-state index contributed by atoms with van der Waals surface area (Å²) in [4.78, 5) is 0. The van der Waals surface area contributed by atoms with Crippen molar-refractivity contribution < 1.29 is 15.3 Å². The third kappa shape index (κ3) is 3.26. The molecule has 1 aliphatic rings. The Kier molecular flexibility index (Phi) is 5.44. The molecule has 0 unspecified atom stereocenters. The van der Waals surface area contributed by atoms with Gasteiger partial charge in [0.1, 0.15) is 13.6 Å². The highest BCUT2D eigenvalue weighted by atomic mass is 16.3. The van der Waals surface area contributed by atoms with Crippen molar-refractivity contribution in [3.05, 3.63) is 22.8 Å². The molecule has 2 rings (SSSR count). The van der Waals surface area contributed by atoms with Crippen LogP contribution in [0.15, 0.2) is 11.6 Å². The van der Waals surface area contributed by atoms with Crippen LogP contribution >= 0.6 is 0 Å². The second-order valence-electron chi connectivity index (χ2n) is 6.32. The van der Waals surface area contributed by atoms with Gasteiger partial charge in [-0.25, -0.2) is 0 Å². The number of hydrogen-bond donors (Lipinski definition) is 3. The van der Waals surface area contributed by atoms with Gasteiger partial charge in [0.05, 0.1) is 0 Å². The number of hydrogen-bond acceptors (Lipinski definition) is 3. The van der Waals surface area contributed by atoms with E-state index in [1.54, 1.807) is 0 Å². The van der Waals surface area contributed by atoms with Crippen LogP contribution < -0.4 is 5.46 Å². The first kappa shape index (κ1) is 16.8. The Morgan fingerprint density at radius 3 is 2.50 bits per heavy atom. The van der Waals surface area contributed by atoms with Crippen molar-refractivity contribution >= 4 is 13.3 Å². The van der Waals surface area contributed by atoms with Crippen LogP contribution in [-0.2, 0) is 6.42 Å². The Bertz CT molecular complexity index is 549. The van der Waals surface area contributed by atoms with E-state index in [1.807, 2.05) is 13.0 Å². The molecule has 3 N–H and O–H groups in total. The molecule has 0 heterocycles. The van der Waals surface area contributed by atoms with Crippen LogP contribution in [0.1, 0.15) is 69.4 Å². The maximum atomic E-state index is 10.5. The van der Waals surface area contributed by atoms with Crippen molar-refractivity contribution in [3.8, 4) is 17.2 Å². The molecule has 0 amide bonds. The lowest BCUT2D eigenvalue weighted by molar-refractivity contribution is 0.381. The number of rotatable bonds is 5. The third-order valence-electron chi connectivity index (χ3n) is 4.57. The first-order chi connectivity index (χ1) is 10.5. The second kappa shape index (κ2) is 7.12. The summed E-state index contributed by atoms with van der Waals surface area (Å²) in [7, 11) is 6.03. The number of phenols is 3. The van der Waals surface area contributed by atoms with Crippen molar-refractivity contribution in [2.75, 3.05) is 0 Å². The summed E-state index contributed by atoms with van der Waals surface area (Å²) in [5.74, 6) is -0.545. The lowest BCUT2D eigenvalue weighted by atomic mass is 9.78. The monoisotopic (exact) mass is 300 g/mol. The van der Waals surface area contributed by atoms with Gasteiger partial charge in [0, 0.05) is 11.5 Å². The molecule has 1 aromatic rings. The fraction of sp³-hybridized carbons (Fsp3) is 0.556. The molecule has 0 saturated heterocycles. The van der Waals surface area contributed by atoms with Gasteiger partial charge in [0.2, 0.25) is 0 Å². The van der Waals surface area contributed by atoms with Crippen molar-refractivity contribution in [3.63, 3.8) is 0 Å². The zero-order valence-electron chi connectivity index (χ0n) is 13.5. The molecular formula is C18H25BO3. The van der Waals surface area contributed by atoms with Gasteiger partial charge in [-0.15, -0.1) is 0 Å². The summed E-state index contributed by atoms with van der Waals surface area (Å²) in [5, 5.41) is 31.2. The Hall–Kier alpha value is -1.58. The zero-order chi connectivity index (χ0) is 16.3. The molecule has 4 heteroatoms. The molecule has 118 valence electrons. The zero-order valence-corrected chi connectivity index (χ0v) is 13.5. The van der Waals surface area contributed by atoms with Crippen molar-refractivity contribution in [1.82, 2.24) is 0 Å². The minimum absolute atomic E-state index is 0.0715. The SMILES string of the molecule is [B]c1c(O)c([C@@H]2C=C(C)CCC2)c(O)c(O)c1CCCCC. The van der Waals surface area contributed by atoms with E-state index in [-0.39, 0.29) is 28.6 Å². The molecule has 0 aliphatic heterocycles. The molecule has 1 aromatic carbocycles. The van der Waals surface area contributed by atoms with Crippen LogP contribution in [0.5, 0.6) is 17.2 Å². The first-order valence-electron chi connectivity index (χ1n) is 8.19. The number of aromatic hydroxyl groups is 3. The number of unbranched alkanes of at least 4 members (excludes halogenated alkanes) is 2. The van der Waals surface area contributed by atoms with Gasteiger partial charge < -0.3 is 15.3 Å². The van der Waals surface area contributed by atoms with Gasteiger partial charge in [0.15, 0.2) is 11.5 Å². The van der Waals surface area contributed by atoms with Gasteiger partial charge >= 0.3 is 0 Å². The minimum atomic E-state index is -0.214. The quantitative estimate of drug-likeness (QED) is 0.256. The summed E-state index contributed by atoms with van der Waals surface area (Å²) in [6.45, 7) is 4.14. The summed E-state index contributed by atoms with van der Waals surface area (Å²) in [6, 6.07) is 0. The molecule has 3 nitrogen and oxygen atoms in total. The standard InChI is InChI=1S/C18H25BO3/c1-3-4-5-9-13-15(19)17(21)14(18(22)16(13)20)12-8-6-7-11(2)10-12/h10,12,20-22H,3-9H2,1-2H3/t12-/m0/s1. The smallest absolute Gasteiger partial charge is 0.165 e. The van der Waals surface area contributed by atoms with Crippen LogP contribution in [0.2, 0.25) is 0 Å². The molecule has 1 aliphatic carbocycles. The first-order valence-corrected chi connectivity index (χ1v) is 8.19. The van der Waals surface area contributed by atoms with Gasteiger partial charge in [-0.3, -0.25) is 0 Å². The second-order valence-corrected chi connectivity index (χ2v) is 6.32. The molecular weight excluding hydrogens is 275 g/mol. The molecule has 0 saturated carbocycles. The van der Waals surface area contributed by atoms with E-state index in [1.165, 1.54) is 5.57 Å². The highest BCUT2D eigenvalue weighted by Crippen LogP contribution is 2.45. The summed E-state index contributed by atoms with van der Waals surface area (Å²) in [5.41, 5.74) is 2.27. The normalized spacial score (nSPS) is 18.3. The average Bonchev–Trinajstić information content (AvgIpc) is 2.49. The van der Waals surface area contributed by atoms with Crippen molar-refractivity contribution in [2.45, 2.75) is 64.7 Å². The van der Waals surface area contributed by atoms with Crippen LogP contribution in [0.3, 0.4) is 0 Å². The molecule has 22 heavy (non-hydrogen) atoms. The van der Waals surface area contributed by atoms with Crippen LogP contribution in [0, 0.1) is 0 Å². The Morgan fingerprint density at radius 2 is 1.86 bits per heavy atom. The summed E-state index contributed by atoms with van der Waals surface area (Å²) in [6.07, 6.45) is 8.44. The summed E-state index contributed by atoms with van der Waals surface area (Å²) >= 11 is 0. The van der Waals surface area contributed by atoms with Crippen LogP contribution in [0.4, 0.5) is 0 Å². The maximum absolute atomic E-state index is 10.5. The molecule has 0 fully saturated rings. The summed E-state index contributed by atoms with van der Waals surface area (Å²) < 4.78 is 0. The highest BCUT2D eigenvalue weighted by Gasteiger charge is 2.26. The Labute approximate surface area is 134 Å². The lowest BCUT2D eigenvalue weighted by Gasteiger charge is -2.24. The van der Waals surface area contributed by atoms with E-state index in [2.05, 4.69) is 6.92 Å². The molecule has 0 aromatic heterocycles. The molecule has 0 bridgehead atoms. The molecule has 2 radical (unpaired) electrons. The predicted molar refractivity (Wildman–Crippen MR) is 90.4 cm³/mol. The van der Waals surface area contributed by atoms with Gasteiger partial charge in [-0.1, -0.05) is 31.4 Å². The Balaban J connectivity index is 2.43. The van der Waals surface area contributed by atoms with E-state index >= 15 is 0 Å². The van der Waals surface area contributed by atoms with Gasteiger partial charge in [-0.05, 0) is 50.1 Å². The number of benzene rings is 1. The third-order valence-corrected chi connectivity index (χ3v) is 4.57. The van der Waals surface area contributed by atoms with Crippen LogP contribution in [0.25, 0.3) is 0 Å². The lowest BCUT2D eigenvalue weighted by Crippen LogP contribution is -2.16. The highest BCUT2D eigenvalue weighted by molar-refractivity contribution is 6.36. The predicted octanol–water partition coefficient (Wildman–Crippen LogP) is 3.54. The number of allylic oxidation sites excluding steroid dienone is 2. The Morgan fingerprint density at radius 1 is 1.14 bits per heavy atom. The fourth-order valence-electron chi connectivity index (χ4n) is 3.29. The van der Waals surface area contributed by atoms with Crippen molar-refractivity contribution in [1.29, 1.82) is 0 Å². The average molecular weight is 300 g/mol. The van der Waals surface area contributed by atoms with E-state index in [4.69, 9.17) is 7.85 Å². The topological polar surface area (TPSA) is 60.7 Å². The largest absolute Gasteiger partial charge is 0.508 e. The van der Waals surface area contributed by atoms with E-state index in [0.29, 0.717) is 17.5 Å².